The highest BCUT2D eigenvalue weighted by Gasteiger charge is 2.29. The summed E-state index contributed by atoms with van der Waals surface area (Å²) in [6.07, 6.45) is 1.48. The molecule has 1 aliphatic rings. The van der Waals surface area contributed by atoms with Crippen LogP contribution in [0.1, 0.15) is 12.0 Å². The average molecular weight is 264 g/mol. The second-order valence-corrected chi connectivity index (χ2v) is 4.91. The predicted molar refractivity (Wildman–Crippen MR) is 71.8 cm³/mol. The smallest absolute Gasteiger partial charge is 0.239 e. The van der Waals surface area contributed by atoms with Gasteiger partial charge in [-0.25, -0.2) is 0 Å². The van der Waals surface area contributed by atoms with E-state index in [0.717, 1.165) is 12.0 Å². The van der Waals surface area contributed by atoms with Gasteiger partial charge in [0.25, 0.3) is 0 Å². The molecule has 3 N–H and O–H groups in total. The zero-order chi connectivity index (χ0) is 13.8. The number of phenolic OH excluding ortho intramolecular Hbond substituents is 1. The minimum atomic E-state index is -0.542. The van der Waals surface area contributed by atoms with Crippen LogP contribution in [-0.4, -0.2) is 48.3 Å². The minimum absolute atomic E-state index is 0.0346. The Morgan fingerprint density at radius 1 is 1.53 bits per heavy atom. The third-order valence-electron chi connectivity index (χ3n) is 3.50. The van der Waals surface area contributed by atoms with Crippen molar-refractivity contribution in [3.05, 3.63) is 29.8 Å². The van der Waals surface area contributed by atoms with Gasteiger partial charge < -0.3 is 20.5 Å². The van der Waals surface area contributed by atoms with Gasteiger partial charge in [0.15, 0.2) is 0 Å². The van der Waals surface area contributed by atoms with Gasteiger partial charge in [0.1, 0.15) is 5.75 Å². The molecule has 1 fully saturated rings. The fourth-order valence-corrected chi connectivity index (χ4v) is 2.33. The molecular formula is C14H20N2O3. The van der Waals surface area contributed by atoms with Crippen LogP contribution in [0.4, 0.5) is 0 Å². The van der Waals surface area contributed by atoms with E-state index in [0.29, 0.717) is 19.5 Å². The number of hydrogen-bond donors (Lipinski definition) is 2. The van der Waals surface area contributed by atoms with Crippen LogP contribution in [0.25, 0.3) is 0 Å². The summed E-state index contributed by atoms with van der Waals surface area (Å²) in [6, 6.07) is 6.22. The van der Waals surface area contributed by atoms with E-state index < -0.39 is 6.04 Å². The van der Waals surface area contributed by atoms with Crippen molar-refractivity contribution in [2.24, 2.45) is 5.73 Å². The number of likely N-dealkylation sites (tertiary alicyclic amines) is 1. The fourth-order valence-electron chi connectivity index (χ4n) is 2.33. The molecule has 1 saturated heterocycles. The number of ether oxygens (including phenoxy) is 1. The van der Waals surface area contributed by atoms with Crippen LogP contribution in [0.2, 0.25) is 0 Å². The summed E-state index contributed by atoms with van der Waals surface area (Å²) in [5.41, 5.74) is 6.90. The Bertz CT molecular complexity index is 433. The van der Waals surface area contributed by atoms with Crippen molar-refractivity contribution in [1.29, 1.82) is 0 Å². The Kier molecular flexibility index (Phi) is 4.39. The second-order valence-electron chi connectivity index (χ2n) is 4.91. The maximum atomic E-state index is 12.2. The largest absolute Gasteiger partial charge is 0.508 e. The van der Waals surface area contributed by atoms with Gasteiger partial charge in [0.05, 0.1) is 12.1 Å². The Hall–Kier alpha value is -1.59. The van der Waals surface area contributed by atoms with Crippen LogP contribution in [-0.2, 0) is 16.0 Å². The summed E-state index contributed by atoms with van der Waals surface area (Å²) in [5, 5.41) is 9.21. The molecule has 1 aromatic carbocycles. The zero-order valence-corrected chi connectivity index (χ0v) is 11.1. The highest BCUT2D eigenvalue weighted by Crippen LogP contribution is 2.15. The third-order valence-corrected chi connectivity index (χ3v) is 3.50. The van der Waals surface area contributed by atoms with Gasteiger partial charge in [0, 0.05) is 20.2 Å². The highest BCUT2D eigenvalue weighted by atomic mass is 16.5. The molecule has 5 heteroatoms. The highest BCUT2D eigenvalue weighted by molar-refractivity contribution is 5.82. The molecule has 19 heavy (non-hydrogen) atoms. The number of phenols is 1. The fraction of sp³-hybridized carbons (Fsp3) is 0.500. The summed E-state index contributed by atoms with van der Waals surface area (Å²) < 4.78 is 5.24. The molecule has 0 aliphatic carbocycles. The maximum Gasteiger partial charge on any atom is 0.239 e. The Labute approximate surface area is 113 Å². The van der Waals surface area contributed by atoms with Crippen molar-refractivity contribution in [3.8, 4) is 5.75 Å². The summed E-state index contributed by atoms with van der Waals surface area (Å²) >= 11 is 0. The first-order valence-corrected chi connectivity index (χ1v) is 6.45. The van der Waals surface area contributed by atoms with E-state index in [-0.39, 0.29) is 17.8 Å². The van der Waals surface area contributed by atoms with Gasteiger partial charge >= 0.3 is 0 Å². The number of methoxy groups -OCH3 is 1. The Morgan fingerprint density at radius 2 is 2.21 bits per heavy atom. The molecule has 104 valence electrons. The quantitative estimate of drug-likeness (QED) is 0.831. The van der Waals surface area contributed by atoms with Crippen LogP contribution in [0.15, 0.2) is 24.3 Å². The van der Waals surface area contributed by atoms with E-state index in [4.69, 9.17) is 10.5 Å². The van der Waals surface area contributed by atoms with E-state index in [1.807, 2.05) is 0 Å². The number of nitrogens with zero attached hydrogens (tertiary/aromatic N) is 1. The Balaban J connectivity index is 1.91. The summed E-state index contributed by atoms with van der Waals surface area (Å²) in [5.74, 6) is 0.179. The van der Waals surface area contributed by atoms with E-state index in [1.165, 1.54) is 0 Å². The van der Waals surface area contributed by atoms with E-state index in [9.17, 15) is 9.90 Å². The lowest BCUT2D eigenvalue weighted by atomic mass is 10.1. The first-order valence-electron chi connectivity index (χ1n) is 6.45. The van der Waals surface area contributed by atoms with Gasteiger partial charge in [-0.15, -0.1) is 0 Å². The van der Waals surface area contributed by atoms with Crippen LogP contribution < -0.4 is 5.73 Å². The van der Waals surface area contributed by atoms with Crippen molar-refractivity contribution in [1.82, 2.24) is 4.90 Å². The van der Waals surface area contributed by atoms with Gasteiger partial charge in [-0.1, -0.05) is 12.1 Å². The number of hydrogen-bond acceptors (Lipinski definition) is 4. The van der Waals surface area contributed by atoms with Gasteiger partial charge in [-0.2, -0.15) is 0 Å². The first kappa shape index (κ1) is 13.8. The first-order chi connectivity index (χ1) is 9.10. The normalized spacial score (nSPS) is 20.5. The Morgan fingerprint density at radius 3 is 2.79 bits per heavy atom. The number of carbonyl (C=O) groups is 1. The van der Waals surface area contributed by atoms with Crippen molar-refractivity contribution in [2.75, 3.05) is 20.2 Å². The number of amides is 1. The predicted octanol–water partition coefficient (Wildman–Crippen LogP) is 0.509. The molecule has 1 aliphatic heterocycles. The molecule has 0 aromatic heterocycles. The van der Waals surface area contributed by atoms with Crippen LogP contribution >= 0.6 is 0 Å². The topological polar surface area (TPSA) is 75.8 Å². The van der Waals surface area contributed by atoms with Gasteiger partial charge in [-0.05, 0) is 30.5 Å². The van der Waals surface area contributed by atoms with E-state index >= 15 is 0 Å². The average Bonchev–Trinajstić information content (AvgIpc) is 2.89. The molecule has 0 saturated carbocycles. The maximum absolute atomic E-state index is 12.2. The lowest BCUT2D eigenvalue weighted by Gasteiger charge is -2.20. The minimum Gasteiger partial charge on any atom is -0.508 e. The van der Waals surface area contributed by atoms with Crippen LogP contribution in [0.3, 0.4) is 0 Å². The molecular weight excluding hydrogens is 244 g/mol. The number of rotatable bonds is 4. The standard InChI is InChI=1S/C14H20N2O3/c1-19-12-6-7-16(9-12)14(18)13(15)8-10-2-4-11(17)5-3-10/h2-5,12-13,17H,6-9,15H2,1H3. The van der Waals surface area contributed by atoms with Gasteiger partial charge in [0.2, 0.25) is 5.91 Å². The monoisotopic (exact) mass is 264 g/mol. The molecule has 2 rings (SSSR count). The number of benzene rings is 1. The van der Waals surface area contributed by atoms with Crippen molar-refractivity contribution < 1.29 is 14.6 Å². The summed E-state index contributed by atoms with van der Waals surface area (Å²) in [6.45, 7) is 1.33. The lowest BCUT2D eigenvalue weighted by molar-refractivity contribution is -0.131. The van der Waals surface area contributed by atoms with Crippen molar-refractivity contribution >= 4 is 5.91 Å². The van der Waals surface area contributed by atoms with Crippen molar-refractivity contribution in [2.45, 2.75) is 25.0 Å². The van der Waals surface area contributed by atoms with Crippen molar-refractivity contribution in [3.63, 3.8) is 0 Å². The molecule has 0 radical (unpaired) electrons. The zero-order valence-electron chi connectivity index (χ0n) is 11.1. The molecule has 0 bridgehead atoms. The molecule has 0 spiro atoms. The van der Waals surface area contributed by atoms with E-state index in [1.54, 1.807) is 36.3 Å². The van der Waals surface area contributed by atoms with Crippen LogP contribution in [0, 0.1) is 0 Å². The second kappa shape index (κ2) is 6.04. The molecule has 2 atom stereocenters. The number of aromatic hydroxyl groups is 1. The number of carbonyl (C=O) groups excluding carboxylic acids is 1. The summed E-state index contributed by atoms with van der Waals surface area (Å²) in [7, 11) is 1.66. The van der Waals surface area contributed by atoms with Gasteiger partial charge in [-0.3, -0.25) is 4.79 Å². The molecule has 1 heterocycles. The van der Waals surface area contributed by atoms with Crippen LogP contribution in [0.5, 0.6) is 5.75 Å². The molecule has 1 amide bonds. The molecule has 5 nitrogen and oxygen atoms in total. The molecule has 1 aromatic rings. The lowest BCUT2D eigenvalue weighted by Crippen LogP contribution is -2.44. The number of nitrogens with two attached hydrogens (primary N) is 1. The third kappa shape index (κ3) is 3.45. The summed E-state index contributed by atoms with van der Waals surface area (Å²) in [4.78, 5) is 13.9. The SMILES string of the molecule is COC1CCN(C(=O)C(N)Cc2ccc(O)cc2)C1. The molecule has 2 unspecified atom stereocenters. The van der Waals surface area contributed by atoms with E-state index in [2.05, 4.69) is 0 Å².